The first-order chi connectivity index (χ1) is 16.2. The number of aromatic nitrogens is 2. The molecule has 1 saturated carbocycles. The van der Waals surface area contributed by atoms with E-state index in [1.165, 1.54) is 35.0 Å². The van der Waals surface area contributed by atoms with Crippen LogP contribution in [0.1, 0.15) is 37.8 Å². The molecule has 0 bridgehead atoms. The summed E-state index contributed by atoms with van der Waals surface area (Å²) >= 11 is 0. The minimum Gasteiger partial charge on any atom is -0.380 e. The lowest BCUT2D eigenvalue weighted by Crippen LogP contribution is -2.44. The van der Waals surface area contributed by atoms with Crippen LogP contribution < -0.4 is 16.0 Å². The minimum absolute atomic E-state index is 0.0585. The normalized spacial score (nSPS) is 21.4. The topological polar surface area (TPSA) is 74.2 Å². The molecule has 3 N–H and O–H groups in total. The molecule has 7 heteroatoms. The van der Waals surface area contributed by atoms with E-state index in [-0.39, 0.29) is 11.9 Å². The Kier molecular flexibility index (Phi) is 5.31. The SMILES string of the molecule is C[C@@H]1CC(=O)Nc2cccc(-c3ccc4c(c3)c(C3CC3)nn4CCN3CCNCC3)c2N1. The van der Waals surface area contributed by atoms with Crippen LogP contribution in [0.15, 0.2) is 36.4 Å². The van der Waals surface area contributed by atoms with Crippen LogP contribution in [0.25, 0.3) is 22.0 Å². The molecule has 6 rings (SSSR count). The van der Waals surface area contributed by atoms with E-state index >= 15 is 0 Å². The van der Waals surface area contributed by atoms with Gasteiger partial charge < -0.3 is 16.0 Å². The number of fused-ring (bicyclic) bond motifs is 2. The first-order valence-corrected chi connectivity index (χ1v) is 12.3. The van der Waals surface area contributed by atoms with Gasteiger partial charge in [-0.25, -0.2) is 0 Å². The van der Waals surface area contributed by atoms with Gasteiger partial charge >= 0.3 is 0 Å². The van der Waals surface area contributed by atoms with E-state index in [9.17, 15) is 4.79 Å². The number of anilines is 2. The van der Waals surface area contributed by atoms with Crippen molar-refractivity contribution in [1.29, 1.82) is 0 Å². The van der Waals surface area contributed by atoms with E-state index in [2.05, 4.69) is 56.7 Å². The lowest BCUT2D eigenvalue weighted by atomic mass is 9.99. The quantitative estimate of drug-likeness (QED) is 0.560. The van der Waals surface area contributed by atoms with E-state index in [1.54, 1.807) is 0 Å². The van der Waals surface area contributed by atoms with Gasteiger partial charge in [0.15, 0.2) is 0 Å². The molecule has 172 valence electrons. The smallest absolute Gasteiger partial charge is 0.226 e. The Morgan fingerprint density at radius 1 is 1.09 bits per heavy atom. The second kappa shape index (κ2) is 8.47. The Bertz CT molecular complexity index is 1190. The third-order valence-electron chi connectivity index (χ3n) is 7.11. The van der Waals surface area contributed by atoms with E-state index in [0.29, 0.717) is 12.3 Å². The monoisotopic (exact) mass is 444 g/mol. The van der Waals surface area contributed by atoms with Crippen LogP contribution in [-0.2, 0) is 11.3 Å². The summed E-state index contributed by atoms with van der Waals surface area (Å²) < 4.78 is 2.22. The fraction of sp³-hybridized carbons (Fsp3) is 0.462. The highest BCUT2D eigenvalue weighted by molar-refractivity contribution is 6.01. The molecule has 1 aromatic heterocycles. The summed E-state index contributed by atoms with van der Waals surface area (Å²) in [4.78, 5) is 14.7. The second-order valence-corrected chi connectivity index (χ2v) is 9.73. The fourth-order valence-electron chi connectivity index (χ4n) is 5.20. The first-order valence-electron chi connectivity index (χ1n) is 12.3. The number of rotatable bonds is 5. The maximum absolute atomic E-state index is 12.2. The Labute approximate surface area is 194 Å². The summed E-state index contributed by atoms with van der Waals surface area (Å²) in [5, 5.41) is 16.4. The third kappa shape index (κ3) is 4.11. The maximum Gasteiger partial charge on any atom is 0.226 e. The van der Waals surface area contributed by atoms with Crippen LogP contribution in [0.2, 0.25) is 0 Å². The first kappa shape index (κ1) is 20.7. The number of para-hydroxylation sites is 1. The maximum atomic E-state index is 12.2. The average molecular weight is 445 g/mol. The van der Waals surface area contributed by atoms with Gasteiger partial charge in [0.25, 0.3) is 0 Å². The number of piperazine rings is 1. The number of amides is 1. The predicted molar refractivity (Wildman–Crippen MR) is 133 cm³/mol. The lowest BCUT2D eigenvalue weighted by molar-refractivity contribution is -0.116. The van der Waals surface area contributed by atoms with Crippen molar-refractivity contribution in [2.24, 2.45) is 0 Å². The molecule has 33 heavy (non-hydrogen) atoms. The number of nitrogens with one attached hydrogen (secondary N) is 3. The summed E-state index contributed by atoms with van der Waals surface area (Å²) in [6.45, 7) is 8.39. The fourth-order valence-corrected chi connectivity index (χ4v) is 5.20. The molecule has 0 radical (unpaired) electrons. The van der Waals surface area contributed by atoms with Crippen molar-refractivity contribution in [3.05, 3.63) is 42.1 Å². The van der Waals surface area contributed by atoms with Crippen molar-refractivity contribution < 1.29 is 4.79 Å². The standard InChI is InChI=1S/C26H32N6O/c1-17-15-24(33)29-22-4-2-3-20(26(22)28-17)19-7-8-23-21(16-19)25(18-5-6-18)30-32(23)14-13-31-11-9-27-10-12-31/h2-4,7-8,16-18,27-28H,5-6,9-15H2,1H3,(H,29,33)/t17-/m1/s1. The van der Waals surface area contributed by atoms with Gasteiger partial charge in [0.2, 0.25) is 5.91 Å². The number of carbonyl (C=O) groups is 1. The van der Waals surface area contributed by atoms with Crippen LogP contribution in [0.3, 0.4) is 0 Å². The number of nitrogens with zero attached hydrogens (tertiary/aromatic N) is 3. The van der Waals surface area contributed by atoms with E-state index in [0.717, 1.165) is 56.2 Å². The molecule has 0 spiro atoms. The summed E-state index contributed by atoms with van der Waals surface area (Å²) in [5.74, 6) is 0.650. The molecule has 1 aliphatic carbocycles. The number of carbonyl (C=O) groups excluding carboxylic acids is 1. The highest BCUT2D eigenvalue weighted by Gasteiger charge is 2.29. The molecular formula is C26H32N6O. The summed E-state index contributed by atoms with van der Waals surface area (Å²) in [6, 6.07) is 13.0. The van der Waals surface area contributed by atoms with Crippen molar-refractivity contribution >= 4 is 28.2 Å². The van der Waals surface area contributed by atoms with Crippen LogP contribution in [0.5, 0.6) is 0 Å². The largest absolute Gasteiger partial charge is 0.380 e. The highest BCUT2D eigenvalue weighted by Crippen LogP contribution is 2.44. The highest BCUT2D eigenvalue weighted by atomic mass is 16.1. The van der Waals surface area contributed by atoms with Gasteiger partial charge in [-0.3, -0.25) is 14.4 Å². The van der Waals surface area contributed by atoms with E-state index in [1.807, 2.05) is 12.1 Å². The number of hydrogen-bond acceptors (Lipinski definition) is 5. The van der Waals surface area contributed by atoms with Gasteiger partial charge in [-0.1, -0.05) is 18.2 Å². The number of benzene rings is 2. The van der Waals surface area contributed by atoms with Gasteiger partial charge in [0, 0.05) is 62.1 Å². The van der Waals surface area contributed by atoms with E-state index in [4.69, 9.17) is 5.10 Å². The molecule has 2 aliphatic heterocycles. The Hall–Kier alpha value is -2.90. The lowest BCUT2D eigenvalue weighted by Gasteiger charge is -2.27. The summed E-state index contributed by atoms with van der Waals surface area (Å²) in [6.07, 6.45) is 2.94. The minimum atomic E-state index is 0.0585. The van der Waals surface area contributed by atoms with Gasteiger partial charge in [0.05, 0.1) is 29.1 Å². The molecule has 2 fully saturated rings. The van der Waals surface area contributed by atoms with Crippen molar-refractivity contribution in [3.63, 3.8) is 0 Å². The Morgan fingerprint density at radius 3 is 2.76 bits per heavy atom. The summed E-state index contributed by atoms with van der Waals surface area (Å²) in [7, 11) is 0. The molecule has 1 saturated heterocycles. The zero-order valence-corrected chi connectivity index (χ0v) is 19.2. The molecule has 1 amide bonds. The molecule has 1 atom stereocenters. The average Bonchev–Trinajstić information content (AvgIpc) is 3.62. The van der Waals surface area contributed by atoms with Gasteiger partial charge in [0.1, 0.15) is 0 Å². The van der Waals surface area contributed by atoms with Crippen LogP contribution in [0, 0.1) is 0 Å². The molecule has 7 nitrogen and oxygen atoms in total. The van der Waals surface area contributed by atoms with Crippen molar-refractivity contribution in [2.45, 2.75) is 44.7 Å². The molecule has 0 unspecified atom stereocenters. The van der Waals surface area contributed by atoms with Crippen LogP contribution in [-0.4, -0.2) is 59.4 Å². The zero-order chi connectivity index (χ0) is 22.4. The van der Waals surface area contributed by atoms with E-state index < -0.39 is 0 Å². The molecule has 3 heterocycles. The second-order valence-electron chi connectivity index (χ2n) is 9.73. The molecular weight excluding hydrogens is 412 g/mol. The summed E-state index contributed by atoms with van der Waals surface area (Å²) in [5.41, 5.74) is 6.64. The predicted octanol–water partition coefficient (Wildman–Crippen LogP) is 3.63. The molecule has 2 aromatic carbocycles. The third-order valence-corrected chi connectivity index (χ3v) is 7.11. The van der Waals surface area contributed by atoms with Crippen molar-refractivity contribution in [2.75, 3.05) is 43.4 Å². The van der Waals surface area contributed by atoms with Crippen LogP contribution in [0.4, 0.5) is 11.4 Å². The van der Waals surface area contributed by atoms with Crippen molar-refractivity contribution in [1.82, 2.24) is 20.0 Å². The zero-order valence-electron chi connectivity index (χ0n) is 19.2. The Balaban J connectivity index is 1.37. The van der Waals surface area contributed by atoms with Gasteiger partial charge in [-0.15, -0.1) is 0 Å². The van der Waals surface area contributed by atoms with Gasteiger partial charge in [-0.05, 0) is 43.5 Å². The number of hydrogen-bond donors (Lipinski definition) is 3. The van der Waals surface area contributed by atoms with Gasteiger partial charge in [-0.2, -0.15) is 5.10 Å². The molecule has 3 aliphatic rings. The van der Waals surface area contributed by atoms with Crippen molar-refractivity contribution in [3.8, 4) is 11.1 Å². The molecule has 3 aromatic rings. The van der Waals surface area contributed by atoms with Crippen LogP contribution >= 0.6 is 0 Å². The Morgan fingerprint density at radius 2 is 1.94 bits per heavy atom.